The van der Waals surface area contributed by atoms with Crippen molar-refractivity contribution < 1.29 is 17.6 Å². The van der Waals surface area contributed by atoms with E-state index in [1.165, 1.54) is 16.2 Å². The highest BCUT2D eigenvalue weighted by molar-refractivity contribution is 7.91. The topological polar surface area (TPSA) is 80.5 Å². The van der Waals surface area contributed by atoms with Crippen molar-refractivity contribution in [1.82, 2.24) is 4.98 Å². The highest BCUT2D eigenvalue weighted by Gasteiger charge is 2.24. The third-order valence-electron chi connectivity index (χ3n) is 4.93. The maximum atomic E-state index is 13.2. The summed E-state index contributed by atoms with van der Waals surface area (Å²) in [4.78, 5) is 19.6. The SMILES string of the molecule is Cc1cc(C)c2nc(N(Cc3ccco3)C(=O)CCS(=O)(=O)c3ccccc3)sc2c1. The van der Waals surface area contributed by atoms with Crippen LogP contribution in [0, 0.1) is 13.8 Å². The van der Waals surface area contributed by atoms with Crippen molar-refractivity contribution in [2.24, 2.45) is 0 Å². The van der Waals surface area contributed by atoms with E-state index >= 15 is 0 Å². The summed E-state index contributed by atoms with van der Waals surface area (Å²) < 4.78 is 31.7. The van der Waals surface area contributed by atoms with E-state index in [9.17, 15) is 13.2 Å². The molecule has 0 saturated heterocycles. The van der Waals surface area contributed by atoms with Gasteiger partial charge in [0.25, 0.3) is 0 Å². The minimum atomic E-state index is -3.56. The second-order valence-corrected chi connectivity index (χ2v) is 10.5. The monoisotopic (exact) mass is 454 g/mol. The summed E-state index contributed by atoms with van der Waals surface area (Å²) in [6.07, 6.45) is 1.40. The Morgan fingerprint density at radius 3 is 2.58 bits per heavy atom. The molecule has 2 aromatic heterocycles. The number of aromatic nitrogens is 1. The van der Waals surface area contributed by atoms with Gasteiger partial charge in [-0.05, 0) is 55.3 Å². The molecule has 0 saturated carbocycles. The number of carbonyl (C=O) groups excluding carboxylic acids is 1. The molecule has 0 atom stereocenters. The summed E-state index contributed by atoms with van der Waals surface area (Å²) >= 11 is 1.42. The summed E-state index contributed by atoms with van der Waals surface area (Å²) in [7, 11) is -3.56. The normalized spacial score (nSPS) is 11.7. The van der Waals surface area contributed by atoms with Gasteiger partial charge >= 0.3 is 0 Å². The quantitative estimate of drug-likeness (QED) is 0.397. The molecule has 8 heteroatoms. The molecule has 160 valence electrons. The number of carbonyl (C=O) groups is 1. The maximum absolute atomic E-state index is 13.2. The Labute approximate surface area is 185 Å². The molecule has 0 aliphatic carbocycles. The van der Waals surface area contributed by atoms with Crippen LogP contribution < -0.4 is 4.90 Å². The van der Waals surface area contributed by atoms with E-state index in [1.54, 1.807) is 48.7 Å². The second kappa shape index (κ2) is 8.64. The van der Waals surface area contributed by atoms with Crippen LogP contribution in [-0.2, 0) is 21.2 Å². The van der Waals surface area contributed by atoms with Gasteiger partial charge in [0.15, 0.2) is 15.0 Å². The van der Waals surface area contributed by atoms with Crippen molar-refractivity contribution in [3.8, 4) is 0 Å². The van der Waals surface area contributed by atoms with Crippen LogP contribution in [0.25, 0.3) is 10.2 Å². The zero-order valence-electron chi connectivity index (χ0n) is 17.2. The fourth-order valence-corrected chi connectivity index (χ4v) is 5.81. The van der Waals surface area contributed by atoms with Crippen molar-refractivity contribution >= 4 is 42.4 Å². The minimum Gasteiger partial charge on any atom is -0.467 e. The Balaban J connectivity index is 1.62. The van der Waals surface area contributed by atoms with Gasteiger partial charge in [-0.2, -0.15) is 0 Å². The van der Waals surface area contributed by atoms with Crippen LogP contribution in [0.5, 0.6) is 0 Å². The van der Waals surface area contributed by atoms with Crippen LogP contribution in [0.15, 0.2) is 70.2 Å². The summed E-state index contributed by atoms with van der Waals surface area (Å²) in [5.74, 6) is 0.0174. The van der Waals surface area contributed by atoms with Crippen molar-refractivity contribution in [2.45, 2.75) is 31.7 Å². The third kappa shape index (κ3) is 4.70. The summed E-state index contributed by atoms with van der Waals surface area (Å²) in [5.41, 5.74) is 3.01. The van der Waals surface area contributed by atoms with Gasteiger partial charge in [0.2, 0.25) is 5.91 Å². The minimum absolute atomic E-state index is 0.147. The highest BCUT2D eigenvalue weighted by atomic mass is 32.2. The number of hydrogen-bond acceptors (Lipinski definition) is 6. The number of amides is 1. The molecule has 4 rings (SSSR count). The average Bonchev–Trinajstić information content (AvgIpc) is 3.40. The fraction of sp³-hybridized carbons (Fsp3) is 0.217. The van der Waals surface area contributed by atoms with Gasteiger partial charge in [0.05, 0.1) is 33.7 Å². The molecular formula is C23H22N2O4S2. The van der Waals surface area contributed by atoms with E-state index in [0.717, 1.165) is 21.3 Å². The van der Waals surface area contributed by atoms with Gasteiger partial charge in [-0.1, -0.05) is 35.6 Å². The number of hydrogen-bond donors (Lipinski definition) is 0. The van der Waals surface area contributed by atoms with Crippen LogP contribution in [0.3, 0.4) is 0 Å². The molecule has 0 aliphatic heterocycles. The molecule has 0 N–H and O–H groups in total. The van der Waals surface area contributed by atoms with E-state index in [4.69, 9.17) is 9.40 Å². The first-order valence-electron chi connectivity index (χ1n) is 9.82. The number of nitrogens with zero attached hydrogens (tertiary/aromatic N) is 2. The first kappa shape index (κ1) is 21.3. The number of fused-ring (bicyclic) bond motifs is 1. The Morgan fingerprint density at radius 2 is 1.87 bits per heavy atom. The summed E-state index contributed by atoms with van der Waals surface area (Å²) in [5, 5.41) is 0.530. The zero-order valence-corrected chi connectivity index (χ0v) is 18.9. The molecule has 2 heterocycles. The number of rotatable bonds is 7. The van der Waals surface area contributed by atoms with Gasteiger partial charge in [-0.25, -0.2) is 13.4 Å². The van der Waals surface area contributed by atoms with E-state index in [0.29, 0.717) is 10.9 Å². The number of anilines is 1. The van der Waals surface area contributed by atoms with Gasteiger partial charge in [-0.3, -0.25) is 9.69 Å². The van der Waals surface area contributed by atoms with E-state index in [1.807, 2.05) is 19.9 Å². The molecule has 6 nitrogen and oxygen atoms in total. The zero-order chi connectivity index (χ0) is 22.0. The average molecular weight is 455 g/mol. The number of aryl methyl sites for hydroxylation is 2. The Morgan fingerprint density at radius 1 is 1.10 bits per heavy atom. The number of sulfone groups is 1. The van der Waals surface area contributed by atoms with Crippen molar-refractivity contribution in [1.29, 1.82) is 0 Å². The lowest BCUT2D eigenvalue weighted by Crippen LogP contribution is -2.31. The fourth-order valence-electron chi connectivity index (χ4n) is 3.40. The maximum Gasteiger partial charge on any atom is 0.230 e. The predicted molar refractivity (Wildman–Crippen MR) is 122 cm³/mol. The lowest BCUT2D eigenvalue weighted by Gasteiger charge is -2.18. The van der Waals surface area contributed by atoms with E-state index in [2.05, 4.69) is 6.07 Å². The van der Waals surface area contributed by atoms with Crippen molar-refractivity contribution in [2.75, 3.05) is 10.7 Å². The van der Waals surface area contributed by atoms with Crippen LogP contribution >= 0.6 is 11.3 Å². The van der Waals surface area contributed by atoms with Crippen molar-refractivity contribution in [3.05, 3.63) is 77.7 Å². The van der Waals surface area contributed by atoms with Crippen LogP contribution in [0.1, 0.15) is 23.3 Å². The largest absolute Gasteiger partial charge is 0.467 e. The first-order chi connectivity index (χ1) is 14.8. The van der Waals surface area contributed by atoms with Crippen LogP contribution in [0.4, 0.5) is 5.13 Å². The third-order valence-corrected chi connectivity index (χ3v) is 7.69. The lowest BCUT2D eigenvalue weighted by atomic mass is 10.1. The van der Waals surface area contributed by atoms with E-state index in [-0.39, 0.29) is 29.5 Å². The number of benzene rings is 2. The molecular weight excluding hydrogens is 432 g/mol. The smallest absolute Gasteiger partial charge is 0.230 e. The van der Waals surface area contributed by atoms with Crippen LogP contribution in [-0.4, -0.2) is 25.1 Å². The van der Waals surface area contributed by atoms with Gasteiger partial charge in [0.1, 0.15) is 5.76 Å². The van der Waals surface area contributed by atoms with Crippen LogP contribution in [0.2, 0.25) is 0 Å². The molecule has 2 aromatic carbocycles. The highest BCUT2D eigenvalue weighted by Crippen LogP contribution is 2.33. The Kier molecular flexibility index (Phi) is 5.93. The first-order valence-corrected chi connectivity index (χ1v) is 12.3. The Hall–Kier alpha value is -2.97. The summed E-state index contributed by atoms with van der Waals surface area (Å²) in [6, 6.07) is 15.8. The molecule has 1 amide bonds. The molecule has 0 radical (unpaired) electrons. The standard InChI is InChI=1S/C23H22N2O4S2/c1-16-13-17(2)22-20(14-16)30-23(24-22)25(15-18-7-6-11-29-18)21(26)10-12-31(27,28)19-8-4-3-5-9-19/h3-9,11,13-14H,10,12,15H2,1-2H3. The number of thiazole rings is 1. The molecule has 31 heavy (non-hydrogen) atoms. The van der Waals surface area contributed by atoms with Gasteiger partial charge in [0, 0.05) is 6.42 Å². The second-order valence-electron chi connectivity index (χ2n) is 7.37. The Bertz CT molecular complexity index is 1310. The predicted octanol–water partition coefficient (Wildman–Crippen LogP) is 4.90. The lowest BCUT2D eigenvalue weighted by molar-refractivity contribution is -0.118. The molecule has 0 aliphatic rings. The summed E-state index contributed by atoms with van der Waals surface area (Å²) in [6.45, 7) is 4.20. The van der Waals surface area contributed by atoms with Crippen molar-refractivity contribution in [3.63, 3.8) is 0 Å². The van der Waals surface area contributed by atoms with E-state index < -0.39 is 9.84 Å². The molecule has 0 fully saturated rings. The molecule has 0 unspecified atom stereocenters. The van der Waals surface area contributed by atoms with Gasteiger partial charge in [-0.15, -0.1) is 0 Å². The molecule has 4 aromatic rings. The molecule has 0 spiro atoms. The van der Waals surface area contributed by atoms with Gasteiger partial charge < -0.3 is 4.42 Å². The number of furan rings is 1. The molecule has 0 bridgehead atoms.